The van der Waals surface area contributed by atoms with Crippen molar-refractivity contribution in [2.45, 2.75) is 25.6 Å². The first-order valence-electron chi connectivity index (χ1n) is 9.53. The minimum atomic E-state index is -0.350. The van der Waals surface area contributed by atoms with E-state index in [2.05, 4.69) is 16.0 Å². The molecule has 7 heteroatoms. The molecule has 1 aliphatic rings. The zero-order valence-corrected chi connectivity index (χ0v) is 15.9. The first-order valence-corrected chi connectivity index (χ1v) is 9.53. The number of fused-ring (bicyclic) bond motifs is 4. The molecular weight excluding hydrogens is 370 g/mol. The van der Waals surface area contributed by atoms with Gasteiger partial charge < -0.3 is 19.0 Å². The van der Waals surface area contributed by atoms with Gasteiger partial charge in [0.2, 0.25) is 5.58 Å². The van der Waals surface area contributed by atoms with Crippen LogP contribution in [0.3, 0.4) is 0 Å². The molecule has 1 unspecified atom stereocenters. The van der Waals surface area contributed by atoms with Crippen molar-refractivity contribution in [2.75, 3.05) is 7.11 Å². The normalized spacial score (nSPS) is 18.7. The van der Waals surface area contributed by atoms with E-state index in [1.165, 1.54) is 12.7 Å². The Bertz CT molecular complexity index is 1290. The number of nitrogens with one attached hydrogen (secondary N) is 2. The molecule has 3 heterocycles. The molecule has 7 nitrogen and oxygen atoms in total. The first-order chi connectivity index (χ1) is 14.1. The number of para-hydroxylation sites is 1. The Kier molecular flexibility index (Phi) is 4.17. The molecule has 29 heavy (non-hydrogen) atoms. The van der Waals surface area contributed by atoms with Crippen LogP contribution >= 0.6 is 0 Å². The minimum Gasteiger partial charge on any atom is -0.465 e. The van der Waals surface area contributed by atoms with Crippen molar-refractivity contribution >= 4 is 28.0 Å². The van der Waals surface area contributed by atoms with E-state index in [1.54, 1.807) is 0 Å². The van der Waals surface area contributed by atoms with Crippen LogP contribution in [-0.4, -0.2) is 29.1 Å². The third-order valence-electron chi connectivity index (χ3n) is 5.61. The van der Waals surface area contributed by atoms with E-state index in [4.69, 9.17) is 9.15 Å². The highest BCUT2D eigenvalue weighted by Crippen LogP contribution is 2.24. The number of esters is 1. The number of H-pyrrole nitrogens is 1. The van der Waals surface area contributed by atoms with E-state index in [0.29, 0.717) is 36.4 Å². The second-order valence-corrected chi connectivity index (χ2v) is 7.35. The van der Waals surface area contributed by atoms with E-state index in [9.17, 15) is 9.59 Å². The fourth-order valence-corrected chi connectivity index (χ4v) is 4.19. The maximum Gasteiger partial charge on any atom is 0.365 e. The van der Waals surface area contributed by atoms with Gasteiger partial charge in [0.05, 0.1) is 7.11 Å². The van der Waals surface area contributed by atoms with Crippen molar-refractivity contribution in [3.63, 3.8) is 0 Å². The van der Waals surface area contributed by atoms with Gasteiger partial charge in [0.15, 0.2) is 11.9 Å². The van der Waals surface area contributed by atoms with Crippen LogP contribution in [-0.2, 0) is 29.0 Å². The Hall–Kier alpha value is -3.45. The summed E-state index contributed by atoms with van der Waals surface area (Å²) >= 11 is 0. The Morgan fingerprint density at radius 2 is 1.97 bits per heavy atom. The smallest absolute Gasteiger partial charge is 0.365 e. The third kappa shape index (κ3) is 3.00. The molecule has 0 saturated carbocycles. The molecule has 2 N–H and O–H groups in total. The van der Waals surface area contributed by atoms with Crippen LogP contribution in [0.2, 0.25) is 0 Å². The van der Waals surface area contributed by atoms with Crippen molar-refractivity contribution in [1.29, 1.82) is 0 Å². The summed E-state index contributed by atoms with van der Waals surface area (Å²) < 4.78 is 10.7. The Labute approximate surface area is 165 Å². The second-order valence-electron chi connectivity index (χ2n) is 7.35. The molecule has 4 aromatic rings. The van der Waals surface area contributed by atoms with E-state index in [1.807, 2.05) is 42.5 Å². The van der Waals surface area contributed by atoms with Crippen molar-refractivity contribution < 1.29 is 18.8 Å². The lowest BCUT2D eigenvalue weighted by atomic mass is 9.94. The van der Waals surface area contributed by atoms with Crippen LogP contribution in [0.25, 0.3) is 22.1 Å². The van der Waals surface area contributed by atoms with E-state index >= 15 is 0 Å². The van der Waals surface area contributed by atoms with Crippen LogP contribution in [0.4, 0.5) is 0 Å². The molecule has 0 radical (unpaired) electrons. The van der Waals surface area contributed by atoms with Crippen molar-refractivity contribution in [2.24, 2.45) is 0 Å². The van der Waals surface area contributed by atoms with Crippen LogP contribution in [0.5, 0.6) is 0 Å². The highest BCUT2D eigenvalue weighted by Gasteiger charge is 2.36. The quantitative estimate of drug-likeness (QED) is 0.516. The third-order valence-corrected chi connectivity index (χ3v) is 5.61. The zero-order valence-electron chi connectivity index (χ0n) is 15.9. The molecule has 2 atom stereocenters. The highest BCUT2D eigenvalue weighted by atomic mass is 16.5. The number of methoxy groups -OCH3 is 1. The van der Waals surface area contributed by atoms with Gasteiger partial charge >= 0.3 is 5.97 Å². The maximum atomic E-state index is 12.6. The van der Waals surface area contributed by atoms with Crippen molar-refractivity contribution in [3.05, 3.63) is 75.8 Å². The summed E-state index contributed by atoms with van der Waals surface area (Å²) in [5, 5.41) is 0.804. The van der Waals surface area contributed by atoms with Gasteiger partial charge in [0.1, 0.15) is 24.2 Å². The SMILES string of the molecule is COC(=O)[C@H]1Cc2ccccc2C[NH+]1Cc1nc2c(oc3ccccc32)c(=O)[nH]1. The number of ether oxygens (including phenoxy) is 1. The van der Waals surface area contributed by atoms with Crippen LogP contribution in [0.15, 0.2) is 57.7 Å². The van der Waals surface area contributed by atoms with Crippen LogP contribution in [0.1, 0.15) is 17.0 Å². The van der Waals surface area contributed by atoms with Gasteiger partial charge in [-0.1, -0.05) is 36.4 Å². The maximum absolute atomic E-state index is 12.6. The number of carbonyl (C=O) groups excluding carboxylic acids is 1. The summed E-state index contributed by atoms with van der Waals surface area (Å²) in [4.78, 5) is 33.5. The summed E-state index contributed by atoms with van der Waals surface area (Å²) in [5.41, 5.74) is 3.44. The molecule has 2 aromatic heterocycles. The van der Waals surface area contributed by atoms with E-state index in [0.717, 1.165) is 15.8 Å². The van der Waals surface area contributed by atoms with Crippen molar-refractivity contribution in [1.82, 2.24) is 9.97 Å². The average molecular weight is 390 g/mol. The standard InChI is InChI=1S/C22H19N3O4/c1-28-22(27)16-10-13-6-2-3-7-14(13)11-25(16)12-18-23-19-15-8-4-5-9-17(15)29-20(19)21(26)24-18/h2-9,16H,10-12H2,1H3,(H,23,24,26)/p+1/t16-/m1/s1. The molecule has 5 rings (SSSR count). The molecule has 0 spiro atoms. The number of carbonyl (C=O) groups is 1. The Morgan fingerprint density at radius 3 is 2.79 bits per heavy atom. The molecule has 0 bridgehead atoms. The van der Waals surface area contributed by atoms with Crippen LogP contribution < -0.4 is 10.5 Å². The molecule has 146 valence electrons. The van der Waals surface area contributed by atoms with Crippen molar-refractivity contribution in [3.8, 4) is 0 Å². The molecule has 1 aliphatic heterocycles. The number of furan rings is 1. The van der Waals surface area contributed by atoms with Gasteiger partial charge in [-0.15, -0.1) is 0 Å². The zero-order chi connectivity index (χ0) is 20.0. The number of hydrogen-bond acceptors (Lipinski definition) is 5. The lowest BCUT2D eigenvalue weighted by molar-refractivity contribution is -0.946. The van der Waals surface area contributed by atoms with Gasteiger partial charge in [-0.2, -0.15) is 0 Å². The number of benzene rings is 2. The fraction of sp³-hybridized carbons (Fsp3) is 0.227. The summed E-state index contributed by atoms with van der Waals surface area (Å²) in [5.74, 6) is 0.268. The number of aromatic nitrogens is 2. The molecule has 0 amide bonds. The predicted octanol–water partition coefficient (Wildman–Crippen LogP) is 1.35. The van der Waals surface area contributed by atoms with E-state index in [-0.39, 0.29) is 23.2 Å². The lowest BCUT2D eigenvalue weighted by Gasteiger charge is -2.31. The lowest BCUT2D eigenvalue weighted by Crippen LogP contribution is -3.15. The largest absolute Gasteiger partial charge is 0.465 e. The number of quaternary nitrogens is 1. The van der Waals surface area contributed by atoms with Gasteiger partial charge in [-0.25, -0.2) is 9.78 Å². The minimum absolute atomic E-state index is 0.221. The predicted molar refractivity (Wildman–Crippen MR) is 106 cm³/mol. The molecular formula is C22H20N3O4+. The molecule has 0 fully saturated rings. The first kappa shape index (κ1) is 17.6. The number of aromatic amines is 1. The number of rotatable bonds is 3. The van der Waals surface area contributed by atoms with Gasteiger partial charge in [-0.3, -0.25) is 4.79 Å². The summed E-state index contributed by atoms with van der Waals surface area (Å²) in [6, 6.07) is 15.2. The molecule has 0 saturated heterocycles. The fourth-order valence-electron chi connectivity index (χ4n) is 4.19. The Morgan fingerprint density at radius 1 is 1.21 bits per heavy atom. The van der Waals surface area contributed by atoms with Gasteiger partial charge in [0.25, 0.3) is 5.56 Å². The number of nitrogens with zero attached hydrogens (tertiary/aromatic N) is 1. The second kappa shape index (κ2) is 6.86. The van der Waals surface area contributed by atoms with Gasteiger partial charge in [0, 0.05) is 17.4 Å². The summed E-state index contributed by atoms with van der Waals surface area (Å²) in [6.07, 6.45) is 0.597. The monoisotopic (exact) mass is 390 g/mol. The summed E-state index contributed by atoms with van der Waals surface area (Å²) in [6.45, 7) is 1.06. The topological polar surface area (TPSA) is 89.6 Å². The molecule has 0 aliphatic carbocycles. The van der Waals surface area contributed by atoms with Crippen LogP contribution in [0, 0.1) is 0 Å². The number of hydrogen-bond donors (Lipinski definition) is 2. The summed E-state index contributed by atoms with van der Waals surface area (Å²) in [7, 11) is 1.41. The van der Waals surface area contributed by atoms with Gasteiger partial charge in [-0.05, 0) is 17.7 Å². The Balaban J connectivity index is 1.55. The average Bonchev–Trinajstić information content (AvgIpc) is 3.12. The van der Waals surface area contributed by atoms with E-state index < -0.39 is 0 Å². The highest BCUT2D eigenvalue weighted by molar-refractivity contribution is 6.01. The molecule has 2 aromatic carbocycles.